The van der Waals surface area contributed by atoms with Crippen LogP contribution in [0, 0.1) is 0 Å². The molecule has 0 unspecified atom stereocenters. The van der Waals surface area contributed by atoms with Crippen LogP contribution in [0.2, 0.25) is 0 Å². The topological polar surface area (TPSA) is 54.3 Å². The molecule has 0 aliphatic rings. The van der Waals surface area contributed by atoms with Crippen LogP contribution in [0.3, 0.4) is 0 Å². The highest BCUT2D eigenvalue weighted by molar-refractivity contribution is 7.92. The summed E-state index contributed by atoms with van der Waals surface area (Å²) in [7, 11) is 0.307. The number of anilines is 1. The Bertz CT molecular complexity index is 1260. The second-order valence-corrected chi connectivity index (χ2v) is 9.17. The molecular weight excluding hydrogens is 394 g/mol. The molecule has 0 amide bonds. The van der Waals surface area contributed by atoms with Crippen molar-refractivity contribution in [1.82, 2.24) is 9.47 Å². The lowest BCUT2D eigenvalue weighted by Crippen LogP contribution is -2.18. The first-order valence-electron chi connectivity index (χ1n) is 9.85. The van der Waals surface area contributed by atoms with Crippen molar-refractivity contribution >= 4 is 26.6 Å². The molecule has 0 aliphatic carbocycles. The Morgan fingerprint density at radius 2 is 1.60 bits per heavy atom. The minimum Gasteiger partial charge on any atom is -0.346 e. The average molecular weight is 420 g/mol. The van der Waals surface area contributed by atoms with Gasteiger partial charge in [-0.15, -0.1) is 0 Å². The molecule has 0 fully saturated rings. The molecule has 1 aromatic heterocycles. The van der Waals surface area contributed by atoms with E-state index in [0.29, 0.717) is 11.3 Å². The zero-order valence-corrected chi connectivity index (χ0v) is 17.9. The van der Waals surface area contributed by atoms with Crippen LogP contribution in [0.15, 0.2) is 90.0 Å². The van der Waals surface area contributed by atoms with Crippen LogP contribution in [0.5, 0.6) is 0 Å². The lowest BCUT2D eigenvalue weighted by Gasteiger charge is -2.14. The van der Waals surface area contributed by atoms with Crippen molar-refractivity contribution in [2.24, 2.45) is 0 Å². The Hall–Kier alpha value is -3.09. The largest absolute Gasteiger partial charge is 0.346 e. The summed E-state index contributed by atoms with van der Waals surface area (Å²) in [5.41, 5.74) is 3.14. The van der Waals surface area contributed by atoms with Gasteiger partial charge < -0.3 is 9.47 Å². The molecule has 4 aromatic rings. The van der Waals surface area contributed by atoms with Gasteiger partial charge in [0.1, 0.15) is 0 Å². The number of nitrogens with zero attached hydrogens (tertiary/aromatic N) is 2. The summed E-state index contributed by atoms with van der Waals surface area (Å²) in [6, 6.07) is 24.3. The Balaban J connectivity index is 1.71. The highest BCUT2D eigenvalue weighted by Crippen LogP contribution is 2.31. The number of likely N-dealkylation sites (N-methyl/N-ethyl adjacent to an activating group) is 1. The zero-order chi connectivity index (χ0) is 21.1. The van der Waals surface area contributed by atoms with Crippen LogP contribution in [0.1, 0.15) is 0 Å². The molecule has 0 saturated heterocycles. The quantitative estimate of drug-likeness (QED) is 0.474. The summed E-state index contributed by atoms with van der Waals surface area (Å²) in [5.74, 6) is 0. The number of hydrogen-bond donors (Lipinski definition) is 1. The zero-order valence-electron chi connectivity index (χ0n) is 17.1. The fourth-order valence-corrected chi connectivity index (χ4v) is 4.88. The highest BCUT2D eigenvalue weighted by Gasteiger charge is 2.20. The van der Waals surface area contributed by atoms with E-state index in [9.17, 15) is 8.42 Å². The number of benzene rings is 3. The van der Waals surface area contributed by atoms with Gasteiger partial charge in [-0.3, -0.25) is 4.72 Å². The maximum Gasteiger partial charge on any atom is 0.262 e. The lowest BCUT2D eigenvalue weighted by atomic mass is 10.1. The molecule has 5 nitrogen and oxygen atoms in total. The fourth-order valence-electron chi connectivity index (χ4n) is 3.57. The number of rotatable bonds is 7. The van der Waals surface area contributed by atoms with E-state index in [2.05, 4.69) is 14.2 Å². The molecule has 154 valence electrons. The molecule has 0 spiro atoms. The Morgan fingerprint density at radius 3 is 2.37 bits per heavy atom. The van der Waals surface area contributed by atoms with Crippen molar-refractivity contribution in [2.45, 2.75) is 11.4 Å². The second-order valence-electron chi connectivity index (χ2n) is 7.52. The van der Waals surface area contributed by atoms with Crippen LogP contribution in [0.4, 0.5) is 5.69 Å². The maximum atomic E-state index is 13.3. The van der Waals surface area contributed by atoms with E-state index in [1.165, 1.54) is 0 Å². The van der Waals surface area contributed by atoms with E-state index in [4.69, 9.17) is 0 Å². The van der Waals surface area contributed by atoms with E-state index in [1.54, 1.807) is 18.2 Å². The molecule has 0 saturated carbocycles. The lowest BCUT2D eigenvalue weighted by molar-refractivity contribution is 0.387. The van der Waals surface area contributed by atoms with Gasteiger partial charge >= 0.3 is 0 Å². The van der Waals surface area contributed by atoms with Gasteiger partial charge in [-0.05, 0) is 43.9 Å². The third-order valence-electron chi connectivity index (χ3n) is 5.11. The second kappa shape index (κ2) is 8.34. The van der Waals surface area contributed by atoms with E-state index in [0.717, 1.165) is 29.6 Å². The third kappa shape index (κ3) is 4.10. The standard InChI is InChI=1S/C24H25N3O2S/c1-26(2)17-18-27-16-15-21-22(12-8-13-23(21)27)25-30(28,29)24-14-7-6-11-20(24)19-9-4-3-5-10-19/h3-16,25H,17-18H2,1-2H3. The number of aromatic nitrogens is 1. The van der Waals surface area contributed by atoms with Gasteiger partial charge in [0.15, 0.2) is 0 Å². The van der Waals surface area contributed by atoms with E-state index in [1.807, 2.05) is 81.0 Å². The van der Waals surface area contributed by atoms with E-state index >= 15 is 0 Å². The first-order chi connectivity index (χ1) is 14.5. The van der Waals surface area contributed by atoms with Gasteiger partial charge in [-0.2, -0.15) is 0 Å². The molecule has 0 bridgehead atoms. The Labute approximate surface area is 177 Å². The van der Waals surface area contributed by atoms with Gasteiger partial charge in [-0.1, -0.05) is 54.6 Å². The van der Waals surface area contributed by atoms with Gasteiger partial charge in [-0.25, -0.2) is 8.42 Å². The van der Waals surface area contributed by atoms with Crippen molar-refractivity contribution in [2.75, 3.05) is 25.4 Å². The smallest absolute Gasteiger partial charge is 0.262 e. The normalized spacial score (nSPS) is 11.8. The monoisotopic (exact) mass is 419 g/mol. The van der Waals surface area contributed by atoms with Crippen LogP contribution in [0.25, 0.3) is 22.0 Å². The average Bonchev–Trinajstić information content (AvgIpc) is 3.17. The highest BCUT2D eigenvalue weighted by atomic mass is 32.2. The van der Waals surface area contributed by atoms with Gasteiger partial charge in [0.2, 0.25) is 0 Å². The molecule has 6 heteroatoms. The van der Waals surface area contributed by atoms with Gasteiger partial charge in [0.25, 0.3) is 10.0 Å². The van der Waals surface area contributed by atoms with Crippen LogP contribution < -0.4 is 4.72 Å². The summed E-state index contributed by atoms with van der Waals surface area (Å²) in [6.07, 6.45) is 2.00. The molecule has 0 atom stereocenters. The molecule has 4 rings (SSSR count). The predicted octanol–water partition coefficient (Wildman–Crippen LogP) is 4.67. The molecule has 1 heterocycles. The van der Waals surface area contributed by atoms with Crippen molar-refractivity contribution in [3.8, 4) is 11.1 Å². The first kappa shape index (κ1) is 20.2. The van der Waals surface area contributed by atoms with Gasteiger partial charge in [0, 0.05) is 30.2 Å². The Kier molecular flexibility index (Phi) is 5.61. The first-order valence-corrected chi connectivity index (χ1v) is 11.3. The molecule has 1 N–H and O–H groups in total. The van der Waals surface area contributed by atoms with Gasteiger partial charge in [0.05, 0.1) is 16.1 Å². The number of hydrogen-bond acceptors (Lipinski definition) is 3. The van der Waals surface area contributed by atoms with Crippen molar-refractivity contribution in [3.05, 3.63) is 85.1 Å². The fraction of sp³-hybridized carbons (Fsp3) is 0.167. The van der Waals surface area contributed by atoms with E-state index in [-0.39, 0.29) is 4.90 Å². The van der Waals surface area contributed by atoms with Crippen molar-refractivity contribution in [3.63, 3.8) is 0 Å². The third-order valence-corrected chi connectivity index (χ3v) is 6.53. The van der Waals surface area contributed by atoms with Crippen molar-refractivity contribution in [1.29, 1.82) is 0 Å². The Morgan fingerprint density at radius 1 is 0.867 bits per heavy atom. The number of nitrogens with one attached hydrogen (secondary N) is 1. The van der Waals surface area contributed by atoms with Crippen LogP contribution >= 0.6 is 0 Å². The molecule has 30 heavy (non-hydrogen) atoms. The predicted molar refractivity (Wildman–Crippen MR) is 123 cm³/mol. The SMILES string of the molecule is CN(C)CCn1ccc2c(NS(=O)(=O)c3ccccc3-c3ccccc3)cccc21. The number of sulfonamides is 1. The van der Waals surface area contributed by atoms with E-state index < -0.39 is 10.0 Å². The molecule has 0 aliphatic heterocycles. The minimum absolute atomic E-state index is 0.264. The molecule has 0 radical (unpaired) electrons. The molecule has 3 aromatic carbocycles. The summed E-state index contributed by atoms with van der Waals surface area (Å²) >= 11 is 0. The maximum absolute atomic E-state index is 13.3. The summed E-state index contributed by atoms with van der Waals surface area (Å²) < 4.78 is 31.6. The van der Waals surface area contributed by atoms with Crippen LogP contribution in [-0.4, -0.2) is 38.5 Å². The molecular formula is C24H25N3O2S. The summed E-state index contributed by atoms with van der Waals surface area (Å²) in [6.45, 7) is 1.74. The van der Waals surface area contributed by atoms with Crippen molar-refractivity contribution < 1.29 is 8.42 Å². The summed E-state index contributed by atoms with van der Waals surface area (Å²) in [4.78, 5) is 2.39. The minimum atomic E-state index is -3.77. The summed E-state index contributed by atoms with van der Waals surface area (Å²) in [5, 5.41) is 0.886. The van der Waals surface area contributed by atoms with Crippen LogP contribution in [-0.2, 0) is 16.6 Å². The number of fused-ring (bicyclic) bond motifs is 1.